The number of hydrogen-bond donors (Lipinski definition) is 2. The quantitative estimate of drug-likeness (QED) is 0.802. The summed E-state index contributed by atoms with van der Waals surface area (Å²) in [5.74, 6) is -0.0669. The van der Waals surface area contributed by atoms with Crippen molar-refractivity contribution in [3.8, 4) is 6.07 Å². The first-order chi connectivity index (χ1) is 8.17. The molecule has 0 bridgehead atoms. The molecular weight excluding hydrogens is 214 g/mol. The Bertz CT molecular complexity index is 406. The van der Waals surface area contributed by atoms with Crippen LogP contribution in [0.25, 0.3) is 0 Å². The van der Waals surface area contributed by atoms with E-state index in [1.165, 1.54) is 0 Å². The number of carbonyl (C=O) groups is 1. The van der Waals surface area contributed by atoms with Crippen LogP contribution in [-0.2, 0) is 6.54 Å². The number of rotatable bonds is 5. The van der Waals surface area contributed by atoms with E-state index in [2.05, 4.69) is 16.7 Å². The maximum atomic E-state index is 11.3. The van der Waals surface area contributed by atoms with E-state index in [4.69, 9.17) is 5.26 Å². The second kappa shape index (κ2) is 6.66. The highest BCUT2D eigenvalue weighted by Gasteiger charge is 2.02. The third-order valence-corrected chi connectivity index (χ3v) is 2.44. The highest BCUT2D eigenvalue weighted by Crippen LogP contribution is 2.04. The first kappa shape index (κ1) is 13.2. The van der Waals surface area contributed by atoms with Crippen LogP contribution in [0.2, 0.25) is 0 Å². The summed E-state index contributed by atoms with van der Waals surface area (Å²) in [7, 11) is 1.61. The van der Waals surface area contributed by atoms with E-state index >= 15 is 0 Å². The molecule has 0 aromatic heterocycles. The summed E-state index contributed by atoms with van der Waals surface area (Å²) in [5, 5.41) is 14.4. The van der Waals surface area contributed by atoms with Gasteiger partial charge in [-0.25, -0.2) is 0 Å². The molecule has 1 aromatic rings. The van der Waals surface area contributed by atoms with Crippen molar-refractivity contribution in [2.24, 2.45) is 5.92 Å². The number of amides is 1. The average molecular weight is 231 g/mol. The van der Waals surface area contributed by atoms with Crippen molar-refractivity contribution >= 4 is 5.91 Å². The molecule has 1 atom stereocenters. The fraction of sp³-hybridized carbons (Fsp3) is 0.385. The smallest absolute Gasteiger partial charge is 0.251 e. The molecule has 0 spiro atoms. The maximum Gasteiger partial charge on any atom is 0.251 e. The third-order valence-electron chi connectivity index (χ3n) is 2.44. The molecule has 0 heterocycles. The highest BCUT2D eigenvalue weighted by atomic mass is 16.1. The Morgan fingerprint density at radius 2 is 2.06 bits per heavy atom. The van der Waals surface area contributed by atoms with E-state index in [0.29, 0.717) is 18.7 Å². The lowest BCUT2D eigenvalue weighted by molar-refractivity contribution is 0.0963. The number of nitrogens with one attached hydrogen (secondary N) is 2. The normalized spacial score (nSPS) is 11.6. The highest BCUT2D eigenvalue weighted by molar-refractivity contribution is 5.93. The van der Waals surface area contributed by atoms with Crippen molar-refractivity contribution in [3.05, 3.63) is 35.4 Å². The minimum absolute atomic E-state index is 0.0140. The van der Waals surface area contributed by atoms with E-state index in [9.17, 15) is 4.79 Å². The maximum absolute atomic E-state index is 11.3. The van der Waals surface area contributed by atoms with Crippen LogP contribution in [0.1, 0.15) is 22.8 Å². The fourth-order valence-electron chi connectivity index (χ4n) is 1.40. The van der Waals surface area contributed by atoms with Gasteiger partial charge >= 0.3 is 0 Å². The molecule has 17 heavy (non-hydrogen) atoms. The molecule has 0 saturated heterocycles. The van der Waals surface area contributed by atoms with Crippen molar-refractivity contribution in [1.82, 2.24) is 10.6 Å². The van der Waals surface area contributed by atoms with Crippen LogP contribution in [0.4, 0.5) is 0 Å². The lowest BCUT2D eigenvalue weighted by atomic mass is 10.1. The van der Waals surface area contributed by atoms with Crippen LogP contribution < -0.4 is 10.6 Å². The van der Waals surface area contributed by atoms with Gasteiger partial charge in [0.15, 0.2) is 0 Å². The summed E-state index contributed by atoms with van der Waals surface area (Å²) in [6.07, 6.45) is 0. The Kier molecular flexibility index (Phi) is 5.18. The largest absolute Gasteiger partial charge is 0.355 e. The van der Waals surface area contributed by atoms with Gasteiger partial charge in [0.05, 0.1) is 12.0 Å². The summed E-state index contributed by atoms with van der Waals surface area (Å²) in [6, 6.07) is 9.58. The molecule has 1 unspecified atom stereocenters. The molecule has 4 heteroatoms. The second-order valence-electron chi connectivity index (χ2n) is 3.94. The van der Waals surface area contributed by atoms with Crippen molar-refractivity contribution in [3.63, 3.8) is 0 Å². The van der Waals surface area contributed by atoms with Crippen LogP contribution in [0.15, 0.2) is 24.3 Å². The van der Waals surface area contributed by atoms with Crippen LogP contribution in [0, 0.1) is 17.2 Å². The zero-order valence-electron chi connectivity index (χ0n) is 10.2. The Labute approximate surface area is 102 Å². The molecule has 0 aliphatic rings. The Hall–Kier alpha value is -1.86. The van der Waals surface area contributed by atoms with Crippen molar-refractivity contribution in [2.75, 3.05) is 13.6 Å². The topological polar surface area (TPSA) is 64.9 Å². The molecule has 0 aliphatic heterocycles. The lowest BCUT2D eigenvalue weighted by Crippen LogP contribution is -2.20. The standard InChI is InChI=1S/C13H17N3O/c1-10(7-14)8-16-9-11-3-5-12(6-4-11)13(17)15-2/h3-6,10,16H,8-9H2,1-2H3,(H,15,17). The van der Waals surface area contributed by atoms with E-state index in [-0.39, 0.29) is 11.8 Å². The summed E-state index contributed by atoms with van der Waals surface area (Å²) >= 11 is 0. The third kappa shape index (κ3) is 4.25. The Morgan fingerprint density at radius 1 is 1.41 bits per heavy atom. The summed E-state index contributed by atoms with van der Waals surface area (Å²) in [5.41, 5.74) is 1.75. The monoisotopic (exact) mass is 231 g/mol. The summed E-state index contributed by atoms with van der Waals surface area (Å²) < 4.78 is 0. The van der Waals surface area contributed by atoms with Crippen molar-refractivity contribution in [1.29, 1.82) is 5.26 Å². The molecule has 1 rings (SSSR count). The molecule has 90 valence electrons. The number of benzene rings is 1. The Balaban J connectivity index is 2.46. The minimum Gasteiger partial charge on any atom is -0.355 e. The molecule has 0 radical (unpaired) electrons. The first-order valence-electron chi connectivity index (χ1n) is 5.58. The molecule has 1 amide bonds. The second-order valence-corrected chi connectivity index (χ2v) is 3.94. The van der Waals surface area contributed by atoms with Gasteiger partial charge in [-0.2, -0.15) is 5.26 Å². The van der Waals surface area contributed by atoms with Crippen LogP contribution in [0.5, 0.6) is 0 Å². The predicted octanol–water partition coefficient (Wildman–Crippen LogP) is 1.30. The van der Waals surface area contributed by atoms with E-state index < -0.39 is 0 Å². The zero-order chi connectivity index (χ0) is 12.7. The van der Waals surface area contributed by atoms with E-state index in [1.54, 1.807) is 19.2 Å². The average Bonchev–Trinajstić information content (AvgIpc) is 2.38. The van der Waals surface area contributed by atoms with Crippen molar-refractivity contribution in [2.45, 2.75) is 13.5 Å². The van der Waals surface area contributed by atoms with Gasteiger partial charge in [-0.1, -0.05) is 12.1 Å². The number of nitriles is 1. The molecule has 0 aliphatic carbocycles. The lowest BCUT2D eigenvalue weighted by Gasteiger charge is -2.06. The van der Waals surface area contributed by atoms with E-state index in [1.807, 2.05) is 19.1 Å². The molecule has 4 nitrogen and oxygen atoms in total. The minimum atomic E-state index is -0.0809. The van der Waals surface area contributed by atoms with Crippen LogP contribution in [0.3, 0.4) is 0 Å². The van der Waals surface area contributed by atoms with Gasteiger partial charge in [-0.3, -0.25) is 4.79 Å². The zero-order valence-corrected chi connectivity index (χ0v) is 10.2. The van der Waals surface area contributed by atoms with Crippen LogP contribution in [-0.4, -0.2) is 19.5 Å². The first-order valence-corrected chi connectivity index (χ1v) is 5.58. The molecule has 0 fully saturated rings. The fourth-order valence-corrected chi connectivity index (χ4v) is 1.40. The summed E-state index contributed by atoms with van der Waals surface area (Å²) in [4.78, 5) is 11.3. The van der Waals surface area contributed by atoms with Crippen molar-refractivity contribution < 1.29 is 4.79 Å². The SMILES string of the molecule is CNC(=O)c1ccc(CNCC(C)C#N)cc1. The van der Waals surface area contributed by atoms with E-state index in [0.717, 1.165) is 5.56 Å². The summed E-state index contributed by atoms with van der Waals surface area (Å²) in [6.45, 7) is 3.26. The van der Waals surface area contributed by atoms with Gasteiger partial charge in [0.1, 0.15) is 0 Å². The number of hydrogen-bond acceptors (Lipinski definition) is 3. The van der Waals surface area contributed by atoms with Gasteiger partial charge < -0.3 is 10.6 Å². The van der Waals surface area contributed by atoms with Gasteiger partial charge in [0, 0.05) is 25.7 Å². The van der Waals surface area contributed by atoms with Gasteiger partial charge in [0.2, 0.25) is 0 Å². The molecule has 1 aromatic carbocycles. The number of nitrogens with zero attached hydrogens (tertiary/aromatic N) is 1. The molecular formula is C13H17N3O. The Morgan fingerprint density at radius 3 is 2.59 bits per heavy atom. The van der Waals surface area contributed by atoms with Gasteiger partial charge in [-0.05, 0) is 24.6 Å². The van der Waals surface area contributed by atoms with Gasteiger partial charge in [-0.15, -0.1) is 0 Å². The van der Waals surface area contributed by atoms with Crippen LogP contribution >= 0.6 is 0 Å². The molecule has 2 N–H and O–H groups in total. The predicted molar refractivity (Wildman–Crippen MR) is 66.3 cm³/mol. The number of carbonyl (C=O) groups excluding carboxylic acids is 1. The van der Waals surface area contributed by atoms with Gasteiger partial charge in [0.25, 0.3) is 5.91 Å². The molecule has 0 saturated carbocycles.